The van der Waals surface area contributed by atoms with Crippen molar-refractivity contribution in [2.75, 3.05) is 0 Å². The molecule has 106 valence electrons. The summed E-state index contributed by atoms with van der Waals surface area (Å²) in [7, 11) is 0. The highest BCUT2D eigenvalue weighted by Crippen LogP contribution is 2.27. The number of hydrogen-bond acceptors (Lipinski definition) is 2. The molecule has 0 amide bonds. The monoisotopic (exact) mass is 356 g/mol. The normalized spacial score (nSPS) is 12.4. The lowest BCUT2D eigenvalue weighted by molar-refractivity contribution is 0.527. The van der Waals surface area contributed by atoms with E-state index in [1.807, 2.05) is 31.2 Å². The van der Waals surface area contributed by atoms with Gasteiger partial charge in [0.2, 0.25) is 0 Å². The van der Waals surface area contributed by atoms with Crippen molar-refractivity contribution in [1.82, 2.24) is 5.43 Å². The Morgan fingerprint density at radius 2 is 2.10 bits per heavy atom. The molecule has 0 saturated heterocycles. The summed E-state index contributed by atoms with van der Waals surface area (Å²) in [6, 6.07) is 10.5. The van der Waals surface area contributed by atoms with E-state index in [-0.39, 0.29) is 11.9 Å². The summed E-state index contributed by atoms with van der Waals surface area (Å²) >= 11 is 9.37. The number of nitrogens with two attached hydrogens (primary N) is 1. The van der Waals surface area contributed by atoms with Gasteiger partial charge in [0.1, 0.15) is 5.82 Å². The third-order valence-electron chi connectivity index (χ3n) is 3.33. The maximum Gasteiger partial charge on any atom is 0.127 e. The largest absolute Gasteiger partial charge is 0.271 e. The molecule has 2 nitrogen and oxygen atoms in total. The minimum Gasteiger partial charge on any atom is -0.271 e. The molecule has 2 aromatic rings. The lowest BCUT2D eigenvalue weighted by atomic mass is 9.95. The van der Waals surface area contributed by atoms with Gasteiger partial charge in [0.05, 0.1) is 6.04 Å². The molecule has 0 bridgehead atoms. The fraction of sp³-hybridized carbons (Fsp3) is 0.200. The predicted molar refractivity (Wildman–Crippen MR) is 84.1 cm³/mol. The van der Waals surface area contributed by atoms with E-state index >= 15 is 0 Å². The Hall–Kier alpha value is -0.940. The quantitative estimate of drug-likeness (QED) is 0.632. The van der Waals surface area contributed by atoms with Gasteiger partial charge in [-0.3, -0.25) is 11.3 Å². The van der Waals surface area contributed by atoms with E-state index in [0.717, 1.165) is 15.6 Å². The number of hydrazine groups is 1. The van der Waals surface area contributed by atoms with Crippen LogP contribution in [0.4, 0.5) is 4.39 Å². The van der Waals surface area contributed by atoms with Crippen LogP contribution in [0.2, 0.25) is 5.02 Å². The summed E-state index contributed by atoms with van der Waals surface area (Å²) < 4.78 is 14.6. The fourth-order valence-electron chi connectivity index (χ4n) is 2.17. The van der Waals surface area contributed by atoms with Crippen LogP contribution >= 0.6 is 27.5 Å². The molecule has 20 heavy (non-hydrogen) atoms. The van der Waals surface area contributed by atoms with Crippen LogP contribution in [-0.2, 0) is 6.42 Å². The number of nitrogens with one attached hydrogen (secondary N) is 1. The molecule has 2 rings (SSSR count). The highest BCUT2D eigenvalue weighted by molar-refractivity contribution is 9.10. The van der Waals surface area contributed by atoms with Gasteiger partial charge in [-0.05, 0) is 48.2 Å². The van der Waals surface area contributed by atoms with Crippen molar-refractivity contribution in [3.05, 3.63) is 68.4 Å². The zero-order chi connectivity index (χ0) is 14.7. The van der Waals surface area contributed by atoms with Crippen LogP contribution in [0.1, 0.15) is 22.7 Å². The Morgan fingerprint density at radius 1 is 1.35 bits per heavy atom. The number of hydrogen-bond donors (Lipinski definition) is 2. The number of halogens is 3. The molecule has 1 unspecified atom stereocenters. The van der Waals surface area contributed by atoms with E-state index < -0.39 is 0 Å². The molecule has 3 N–H and O–H groups in total. The minimum atomic E-state index is -0.251. The van der Waals surface area contributed by atoms with Gasteiger partial charge >= 0.3 is 0 Å². The second-order valence-corrected chi connectivity index (χ2v) is 5.94. The van der Waals surface area contributed by atoms with Gasteiger partial charge in [-0.15, -0.1) is 0 Å². The molecule has 0 heterocycles. The van der Waals surface area contributed by atoms with Crippen LogP contribution < -0.4 is 11.3 Å². The summed E-state index contributed by atoms with van der Waals surface area (Å²) in [5, 5.41) is 0.680. The molecule has 2 aromatic carbocycles. The van der Waals surface area contributed by atoms with E-state index in [9.17, 15) is 4.39 Å². The Bertz CT molecular complexity index is 619. The van der Waals surface area contributed by atoms with E-state index in [4.69, 9.17) is 17.4 Å². The molecule has 0 fully saturated rings. The minimum absolute atomic E-state index is 0.190. The van der Waals surface area contributed by atoms with E-state index in [0.29, 0.717) is 17.0 Å². The summed E-state index contributed by atoms with van der Waals surface area (Å²) in [5.74, 6) is 5.38. The van der Waals surface area contributed by atoms with Crippen molar-refractivity contribution in [2.24, 2.45) is 5.84 Å². The standard InChI is InChI=1S/C15H15BrClFN2/c1-9-12(3-2-4-13(9)17)15(20-19)7-10-5-6-11(16)8-14(10)18/h2-6,8,15,20H,7,19H2,1H3. The van der Waals surface area contributed by atoms with E-state index in [1.165, 1.54) is 6.07 Å². The number of rotatable bonds is 4. The first-order valence-corrected chi connectivity index (χ1v) is 7.35. The second-order valence-electron chi connectivity index (χ2n) is 4.61. The summed E-state index contributed by atoms with van der Waals surface area (Å²) in [5.41, 5.74) is 5.27. The maximum atomic E-state index is 13.9. The van der Waals surface area contributed by atoms with Crippen molar-refractivity contribution in [3.63, 3.8) is 0 Å². The van der Waals surface area contributed by atoms with Crippen LogP contribution in [0.5, 0.6) is 0 Å². The maximum absolute atomic E-state index is 13.9. The van der Waals surface area contributed by atoms with Gasteiger partial charge < -0.3 is 0 Å². The van der Waals surface area contributed by atoms with Crippen LogP contribution in [-0.4, -0.2) is 0 Å². The van der Waals surface area contributed by atoms with Gasteiger partial charge in [-0.25, -0.2) is 4.39 Å². The zero-order valence-corrected chi connectivity index (χ0v) is 13.3. The summed E-state index contributed by atoms with van der Waals surface area (Å²) in [6.45, 7) is 1.93. The SMILES string of the molecule is Cc1c(Cl)cccc1C(Cc1ccc(Br)cc1F)NN. The molecule has 5 heteroatoms. The molecular formula is C15H15BrClFN2. The average molecular weight is 358 g/mol. The predicted octanol–water partition coefficient (Wildman–Crippen LogP) is 4.30. The Balaban J connectivity index is 2.31. The van der Waals surface area contributed by atoms with Gasteiger partial charge in [-0.2, -0.15) is 0 Å². The van der Waals surface area contributed by atoms with Crippen LogP contribution in [0, 0.1) is 12.7 Å². The molecule has 0 aromatic heterocycles. The second kappa shape index (κ2) is 6.68. The average Bonchev–Trinajstić information content (AvgIpc) is 2.42. The van der Waals surface area contributed by atoms with Gasteiger partial charge in [0, 0.05) is 9.50 Å². The molecule has 0 spiro atoms. The first-order chi connectivity index (χ1) is 9.52. The Morgan fingerprint density at radius 3 is 2.75 bits per heavy atom. The third-order valence-corrected chi connectivity index (χ3v) is 4.23. The van der Waals surface area contributed by atoms with Crippen LogP contribution in [0.3, 0.4) is 0 Å². The fourth-order valence-corrected chi connectivity index (χ4v) is 2.68. The summed E-state index contributed by atoms with van der Waals surface area (Å²) in [6.07, 6.45) is 0.455. The lowest BCUT2D eigenvalue weighted by Crippen LogP contribution is -2.30. The topological polar surface area (TPSA) is 38.0 Å². The number of benzene rings is 2. The van der Waals surface area contributed by atoms with E-state index in [2.05, 4.69) is 21.4 Å². The summed E-state index contributed by atoms with van der Waals surface area (Å²) in [4.78, 5) is 0. The van der Waals surface area contributed by atoms with Crippen LogP contribution in [0.15, 0.2) is 40.9 Å². The molecule has 0 aliphatic rings. The molecule has 0 aliphatic carbocycles. The third kappa shape index (κ3) is 3.38. The highest BCUT2D eigenvalue weighted by atomic mass is 79.9. The van der Waals surface area contributed by atoms with Crippen molar-refractivity contribution in [3.8, 4) is 0 Å². The first-order valence-electron chi connectivity index (χ1n) is 6.18. The van der Waals surface area contributed by atoms with Crippen molar-refractivity contribution in [2.45, 2.75) is 19.4 Å². The Kier molecular flexibility index (Phi) is 5.16. The Labute approximate surface area is 131 Å². The molecule has 1 atom stereocenters. The van der Waals surface area contributed by atoms with Gasteiger partial charge in [0.15, 0.2) is 0 Å². The van der Waals surface area contributed by atoms with Crippen molar-refractivity contribution in [1.29, 1.82) is 0 Å². The van der Waals surface area contributed by atoms with Crippen molar-refractivity contribution >= 4 is 27.5 Å². The van der Waals surface area contributed by atoms with Crippen molar-refractivity contribution < 1.29 is 4.39 Å². The molecule has 0 saturated carbocycles. The zero-order valence-electron chi connectivity index (χ0n) is 11.0. The van der Waals surface area contributed by atoms with E-state index in [1.54, 1.807) is 6.07 Å². The molecule has 0 aliphatic heterocycles. The first kappa shape index (κ1) is 15.4. The highest BCUT2D eigenvalue weighted by Gasteiger charge is 2.16. The molecular weight excluding hydrogens is 343 g/mol. The lowest BCUT2D eigenvalue weighted by Gasteiger charge is -2.19. The smallest absolute Gasteiger partial charge is 0.127 e. The van der Waals surface area contributed by atoms with Gasteiger partial charge in [0.25, 0.3) is 0 Å². The van der Waals surface area contributed by atoms with Crippen LogP contribution in [0.25, 0.3) is 0 Å². The van der Waals surface area contributed by atoms with Gasteiger partial charge in [-0.1, -0.05) is 45.7 Å². The molecule has 0 radical (unpaired) electrons.